The third kappa shape index (κ3) is 9.61. The molecule has 1 atom stereocenters. The van der Waals surface area contributed by atoms with E-state index < -0.39 is 24.0 Å². The summed E-state index contributed by atoms with van der Waals surface area (Å²) in [4.78, 5) is 40.7. The van der Waals surface area contributed by atoms with Crippen molar-refractivity contribution in [3.05, 3.63) is 0 Å². The predicted molar refractivity (Wildman–Crippen MR) is 137 cm³/mol. The molecule has 0 saturated heterocycles. The van der Waals surface area contributed by atoms with Gasteiger partial charge in [0.05, 0.1) is 0 Å². The lowest BCUT2D eigenvalue weighted by Gasteiger charge is -2.39. The van der Waals surface area contributed by atoms with Crippen molar-refractivity contribution in [3.63, 3.8) is 0 Å². The van der Waals surface area contributed by atoms with Gasteiger partial charge in [-0.3, -0.25) is 10.1 Å². The van der Waals surface area contributed by atoms with Gasteiger partial charge >= 0.3 is 12.1 Å². The van der Waals surface area contributed by atoms with Crippen molar-refractivity contribution in [2.45, 2.75) is 77.6 Å². The molecule has 3 amide bonds. The van der Waals surface area contributed by atoms with Gasteiger partial charge < -0.3 is 19.7 Å². The molecule has 0 aromatic rings. The third-order valence-corrected chi connectivity index (χ3v) is 6.50. The molecular weight excluding hydrogens is 470 g/mol. The van der Waals surface area contributed by atoms with Gasteiger partial charge in [-0.05, 0) is 59.0 Å². The van der Waals surface area contributed by atoms with Gasteiger partial charge in [-0.25, -0.2) is 9.59 Å². The summed E-state index contributed by atoms with van der Waals surface area (Å²) in [6, 6.07) is -0.591. The standard InChI is InChI=1S/C24H39N5O5S/c1-6-7-16-33-22(32)26-24(13-9-8-10-14-24)25-21(31)29-20(19(30)12-11-18(2)3)34-23(27-29)35-17-15-28(4)5/h18,20H,8-17H2,1-5H3,(H,25,31)(H,26,32). The summed E-state index contributed by atoms with van der Waals surface area (Å²) >= 11 is 1.36. The number of rotatable bonds is 10. The van der Waals surface area contributed by atoms with Crippen LogP contribution >= 0.6 is 11.8 Å². The zero-order chi connectivity index (χ0) is 25.8. The van der Waals surface area contributed by atoms with Gasteiger partial charge in [-0.1, -0.05) is 38.0 Å². The average Bonchev–Trinajstić information content (AvgIpc) is 3.22. The number of ketones is 1. The maximum absolute atomic E-state index is 13.4. The first kappa shape index (κ1) is 28.8. The van der Waals surface area contributed by atoms with Crippen LogP contribution in [0.4, 0.5) is 9.59 Å². The molecule has 2 N–H and O–H groups in total. The molecule has 0 aromatic carbocycles. The van der Waals surface area contributed by atoms with E-state index in [1.807, 2.05) is 32.8 Å². The first-order chi connectivity index (χ1) is 16.7. The van der Waals surface area contributed by atoms with Crippen LogP contribution in [0.15, 0.2) is 5.10 Å². The molecule has 35 heavy (non-hydrogen) atoms. The Morgan fingerprint density at radius 3 is 2.60 bits per heavy atom. The quantitative estimate of drug-likeness (QED) is 0.343. The largest absolute Gasteiger partial charge is 0.438 e. The van der Waals surface area contributed by atoms with Crippen molar-refractivity contribution >= 4 is 34.9 Å². The van der Waals surface area contributed by atoms with Crippen LogP contribution in [0.25, 0.3) is 0 Å². The number of hydrazone groups is 1. The molecule has 10 nitrogen and oxygen atoms in total. The summed E-state index contributed by atoms with van der Waals surface area (Å²) in [7, 11) is 3.93. The lowest BCUT2D eigenvalue weighted by Crippen LogP contribution is -2.64. The number of nitrogens with one attached hydrogen (secondary N) is 2. The van der Waals surface area contributed by atoms with E-state index in [9.17, 15) is 14.4 Å². The molecule has 2 rings (SSSR count). The van der Waals surface area contributed by atoms with Crippen molar-refractivity contribution in [1.29, 1.82) is 0 Å². The van der Waals surface area contributed by atoms with Crippen LogP contribution in [0.5, 0.6) is 0 Å². The lowest BCUT2D eigenvalue weighted by atomic mass is 9.89. The Morgan fingerprint density at radius 1 is 1.26 bits per heavy atom. The molecule has 0 spiro atoms. The van der Waals surface area contributed by atoms with Crippen molar-refractivity contribution in [2.75, 3.05) is 33.0 Å². The Bertz CT molecular complexity index is 830. The highest BCUT2D eigenvalue weighted by Gasteiger charge is 2.43. The van der Waals surface area contributed by atoms with Crippen LogP contribution in [0.3, 0.4) is 0 Å². The molecule has 1 heterocycles. The highest BCUT2D eigenvalue weighted by atomic mass is 32.2. The molecule has 196 valence electrons. The van der Waals surface area contributed by atoms with Crippen molar-refractivity contribution in [2.24, 2.45) is 11.0 Å². The highest BCUT2D eigenvalue weighted by molar-refractivity contribution is 8.13. The Kier molecular flexibility index (Phi) is 11.7. The minimum Gasteiger partial charge on any atom is -0.438 e. The van der Waals surface area contributed by atoms with Gasteiger partial charge in [0.15, 0.2) is 12.4 Å². The fraction of sp³-hybridized carbons (Fsp3) is 0.750. The number of ether oxygens (including phenoxy) is 2. The van der Waals surface area contributed by atoms with Gasteiger partial charge in [0.1, 0.15) is 5.66 Å². The lowest BCUT2D eigenvalue weighted by molar-refractivity contribution is -0.131. The summed E-state index contributed by atoms with van der Waals surface area (Å²) < 4.78 is 10.9. The smallest absolute Gasteiger partial charge is 0.409 e. The van der Waals surface area contributed by atoms with Gasteiger partial charge in [-0.15, -0.1) is 11.0 Å². The first-order valence-electron chi connectivity index (χ1n) is 12.2. The van der Waals surface area contributed by atoms with Gasteiger partial charge in [0.25, 0.3) is 11.5 Å². The van der Waals surface area contributed by atoms with Crippen LogP contribution in [-0.2, 0) is 14.3 Å². The second-order valence-electron chi connectivity index (χ2n) is 9.43. The number of Topliss-reactive ketones (excluding diaryl/α,β-unsaturated/α-hetero) is 1. The molecule has 1 aliphatic carbocycles. The average molecular weight is 510 g/mol. The molecule has 11 heteroatoms. The highest BCUT2D eigenvalue weighted by Crippen LogP contribution is 2.28. The van der Waals surface area contributed by atoms with Crippen LogP contribution < -0.4 is 10.6 Å². The number of hydrogen-bond donors (Lipinski definition) is 2. The van der Waals surface area contributed by atoms with Crippen LogP contribution in [0.1, 0.15) is 65.7 Å². The minimum absolute atomic E-state index is 0.0312. The molecule has 1 fully saturated rings. The van der Waals surface area contributed by atoms with Gasteiger partial charge in [0.2, 0.25) is 0 Å². The van der Waals surface area contributed by atoms with E-state index >= 15 is 0 Å². The van der Waals surface area contributed by atoms with Gasteiger partial charge in [0, 0.05) is 18.7 Å². The number of urea groups is 1. The van der Waals surface area contributed by atoms with E-state index in [0.717, 1.165) is 30.8 Å². The molecule has 0 bridgehead atoms. The topological polar surface area (TPSA) is 113 Å². The van der Waals surface area contributed by atoms with Crippen molar-refractivity contribution < 1.29 is 23.9 Å². The molecule has 1 saturated carbocycles. The summed E-state index contributed by atoms with van der Waals surface area (Å²) in [6.07, 6.45) is 2.95. The number of thioether (sulfide) groups is 1. The van der Waals surface area contributed by atoms with E-state index in [1.165, 1.54) is 11.8 Å². The summed E-state index contributed by atoms with van der Waals surface area (Å²) in [6.45, 7) is 6.50. The fourth-order valence-corrected chi connectivity index (χ4v) is 4.64. The summed E-state index contributed by atoms with van der Waals surface area (Å²) in [5, 5.41) is 11.4. The number of amides is 3. The summed E-state index contributed by atoms with van der Waals surface area (Å²) in [5.74, 6) is 6.18. The van der Waals surface area contributed by atoms with E-state index in [1.54, 1.807) is 6.92 Å². The van der Waals surface area contributed by atoms with Crippen molar-refractivity contribution in [1.82, 2.24) is 20.5 Å². The summed E-state index contributed by atoms with van der Waals surface area (Å²) in [5.41, 5.74) is -0.992. The molecule has 0 aromatic heterocycles. The van der Waals surface area contributed by atoms with E-state index in [-0.39, 0.29) is 24.0 Å². The molecule has 0 radical (unpaired) electrons. The van der Waals surface area contributed by atoms with Crippen LogP contribution in [0, 0.1) is 17.8 Å². The monoisotopic (exact) mass is 509 g/mol. The van der Waals surface area contributed by atoms with E-state index in [0.29, 0.717) is 30.9 Å². The van der Waals surface area contributed by atoms with Crippen LogP contribution in [-0.4, -0.2) is 77.9 Å². The van der Waals surface area contributed by atoms with Crippen molar-refractivity contribution in [3.8, 4) is 11.8 Å². The normalized spacial score (nSPS) is 18.9. The van der Waals surface area contributed by atoms with E-state index in [4.69, 9.17) is 9.47 Å². The maximum Gasteiger partial charge on any atom is 0.409 e. The SMILES string of the molecule is CC#CCOC(=O)NC1(NC(=O)N2N=C(SCCN(C)C)OC2C(=O)CCC(C)C)CCCCC1. The Hall–Kier alpha value is -2.45. The molecule has 1 aliphatic heterocycles. The minimum atomic E-state index is -1.12. The Labute approximate surface area is 212 Å². The predicted octanol–water partition coefficient (Wildman–Crippen LogP) is 3.34. The molecule has 1 unspecified atom stereocenters. The zero-order valence-electron chi connectivity index (χ0n) is 21.5. The number of alkyl carbamates (subject to hydrolysis) is 1. The number of carbonyl (C=O) groups excluding carboxylic acids is 3. The maximum atomic E-state index is 13.4. The van der Waals surface area contributed by atoms with Crippen LogP contribution in [0.2, 0.25) is 0 Å². The number of nitrogens with zero attached hydrogens (tertiary/aromatic N) is 3. The van der Waals surface area contributed by atoms with Gasteiger partial charge in [-0.2, -0.15) is 5.01 Å². The third-order valence-electron chi connectivity index (χ3n) is 5.69. The second kappa shape index (κ2) is 14.2. The Morgan fingerprint density at radius 2 is 1.97 bits per heavy atom. The number of carbonyl (C=O) groups is 3. The molecule has 2 aliphatic rings. The van der Waals surface area contributed by atoms with E-state index in [2.05, 4.69) is 27.6 Å². The number of hydrogen-bond acceptors (Lipinski definition) is 8. The first-order valence-corrected chi connectivity index (χ1v) is 13.2. The Balaban J connectivity index is 2.15. The molecular formula is C24H39N5O5S. The second-order valence-corrected chi connectivity index (χ2v) is 10.5. The zero-order valence-corrected chi connectivity index (χ0v) is 22.3. The fourth-order valence-electron chi connectivity index (χ4n) is 3.70.